The number of halogens is 2. The summed E-state index contributed by atoms with van der Waals surface area (Å²) in [5.41, 5.74) is 2.15. The molecule has 0 spiro atoms. The molecule has 3 aromatic carbocycles. The first-order valence-corrected chi connectivity index (χ1v) is 13.3. The van der Waals surface area contributed by atoms with E-state index in [2.05, 4.69) is 5.32 Å². The first-order chi connectivity index (χ1) is 17.7. The third-order valence-corrected chi connectivity index (χ3v) is 7.37. The summed E-state index contributed by atoms with van der Waals surface area (Å²) in [7, 11) is 0. The molecule has 1 aliphatic heterocycles. The van der Waals surface area contributed by atoms with E-state index in [1.807, 2.05) is 50.2 Å². The lowest BCUT2D eigenvalue weighted by Crippen LogP contribution is -2.48. The van der Waals surface area contributed by atoms with Crippen LogP contribution >= 0.6 is 23.2 Å². The van der Waals surface area contributed by atoms with Crippen molar-refractivity contribution in [2.24, 2.45) is 5.92 Å². The number of carbonyl (C=O) groups excluding carboxylic acids is 3. The molecule has 0 saturated heterocycles. The van der Waals surface area contributed by atoms with E-state index in [1.165, 1.54) is 4.90 Å². The first kappa shape index (κ1) is 27.0. The van der Waals surface area contributed by atoms with Crippen molar-refractivity contribution < 1.29 is 14.4 Å². The Morgan fingerprint density at radius 1 is 0.973 bits per heavy atom. The van der Waals surface area contributed by atoms with Crippen molar-refractivity contribution in [2.45, 2.75) is 46.2 Å². The number of hydrogen-bond donors (Lipinski definition) is 1. The SMILES string of the molecule is CC(C)CNC(=O)C(C)N(Cc1c(Cl)cccc1Cl)C(=O)CCCN1C(=O)c2cccc3cccc1c23. The molecule has 1 atom stereocenters. The Bertz CT molecular complexity index is 1320. The maximum atomic E-state index is 13.5. The minimum absolute atomic E-state index is 0.0552. The zero-order valence-corrected chi connectivity index (χ0v) is 22.8. The largest absolute Gasteiger partial charge is 0.354 e. The number of nitrogens with one attached hydrogen (secondary N) is 1. The molecule has 0 fully saturated rings. The Hall–Kier alpha value is -3.09. The van der Waals surface area contributed by atoms with Crippen LogP contribution in [0, 0.1) is 5.92 Å². The summed E-state index contributed by atoms with van der Waals surface area (Å²) in [4.78, 5) is 42.7. The van der Waals surface area contributed by atoms with E-state index in [0.29, 0.717) is 40.7 Å². The molecule has 1 aliphatic rings. The fourth-order valence-corrected chi connectivity index (χ4v) is 5.14. The molecule has 37 heavy (non-hydrogen) atoms. The summed E-state index contributed by atoms with van der Waals surface area (Å²) < 4.78 is 0. The van der Waals surface area contributed by atoms with Crippen LogP contribution in [0.3, 0.4) is 0 Å². The van der Waals surface area contributed by atoms with Gasteiger partial charge in [-0.1, -0.05) is 67.4 Å². The van der Waals surface area contributed by atoms with Crippen LogP contribution in [0.25, 0.3) is 10.8 Å². The minimum Gasteiger partial charge on any atom is -0.354 e. The van der Waals surface area contributed by atoms with E-state index in [4.69, 9.17) is 23.2 Å². The molecule has 1 unspecified atom stereocenters. The van der Waals surface area contributed by atoms with Gasteiger partial charge in [0.15, 0.2) is 0 Å². The predicted octanol–water partition coefficient (Wildman–Crippen LogP) is 6.08. The number of carbonyl (C=O) groups is 3. The zero-order valence-electron chi connectivity index (χ0n) is 21.3. The maximum absolute atomic E-state index is 13.5. The molecule has 1 N–H and O–H groups in total. The van der Waals surface area contributed by atoms with E-state index in [9.17, 15) is 14.4 Å². The molecule has 0 aromatic heterocycles. The van der Waals surface area contributed by atoms with Crippen molar-refractivity contribution in [3.8, 4) is 0 Å². The van der Waals surface area contributed by atoms with E-state index in [0.717, 1.165) is 16.5 Å². The van der Waals surface area contributed by atoms with Crippen LogP contribution in [0.15, 0.2) is 54.6 Å². The average molecular weight is 540 g/mol. The van der Waals surface area contributed by atoms with Crippen LogP contribution < -0.4 is 10.2 Å². The molecule has 0 aliphatic carbocycles. The van der Waals surface area contributed by atoms with Crippen molar-refractivity contribution >= 4 is 57.4 Å². The van der Waals surface area contributed by atoms with Crippen molar-refractivity contribution in [1.82, 2.24) is 10.2 Å². The molecule has 6 nitrogen and oxygen atoms in total. The molecular weight excluding hydrogens is 509 g/mol. The van der Waals surface area contributed by atoms with Gasteiger partial charge in [0.2, 0.25) is 11.8 Å². The highest BCUT2D eigenvalue weighted by molar-refractivity contribution is 6.36. The monoisotopic (exact) mass is 539 g/mol. The normalized spacial score (nSPS) is 13.4. The van der Waals surface area contributed by atoms with Gasteiger partial charge in [0.05, 0.1) is 5.69 Å². The van der Waals surface area contributed by atoms with Crippen molar-refractivity contribution in [1.29, 1.82) is 0 Å². The molecule has 0 radical (unpaired) electrons. The van der Waals surface area contributed by atoms with Crippen LogP contribution in [0.2, 0.25) is 10.0 Å². The molecule has 3 amide bonds. The van der Waals surface area contributed by atoms with Gasteiger partial charge in [-0.2, -0.15) is 0 Å². The van der Waals surface area contributed by atoms with Gasteiger partial charge in [0, 0.05) is 52.6 Å². The molecule has 8 heteroatoms. The third kappa shape index (κ3) is 5.76. The third-order valence-electron chi connectivity index (χ3n) is 6.66. The Morgan fingerprint density at radius 3 is 2.30 bits per heavy atom. The number of hydrogen-bond acceptors (Lipinski definition) is 3. The lowest BCUT2D eigenvalue weighted by Gasteiger charge is -2.30. The zero-order chi connectivity index (χ0) is 26.7. The first-order valence-electron chi connectivity index (χ1n) is 12.5. The average Bonchev–Trinajstić information content (AvgIpc) is 3.14. The molecular formula is C29H31Cl2N3O3. The van der Waals surface area contributed by atoms with E-state index in [1.54, 1.807) is 30.0 Å². The smallest absolute Gasteiger partial charge is 0.258 e. The second-order valence-corrected chi connectivity index (χ2v) is 10.6. The summed E-state index contributed by atoms with van der Waals surface area (Å²) in [6, 6.07) is 16.0. The number of anilines is 1. The topological polar surface area (TPSA) is 69.7 Å². The van der Waals surface area contributed by atoms with Gasteiger partial charge >= 0.3 is 0 Å². The van der Waals surface area contributed by atoms with Crippen LogP contribution in [0.1, 0.15) is 49.5 Å². The lowest BCUT2D eigenvalue weighted by molar-refractivity contribution is -0.140. The van der Waals surface area contributed by atoms with Gasteiger partial charge in [-0.3, -0.25) is 14.4 Å². The summed E-state index contributed by atoms with van der Waals surface area (Å²) in [6.07, 6.45) is 0.613. The van der Waals surface area contributed by atoms with Gasteiger partial charge in [0.1, 0.15) is 6.04 Å². The molecule has 4 rings (SSSR count). The van der Waals surface area contributed by atoms with Crippen LogP contribution in [0.4, 0.5) is 5.69 Å². The summed E-state index contributed by atoms with van der Waals surface area (Å²) in [5, 5.41) is 5.76. The maximum Gasteiger partial charge on any atom is 0.258 e. The van der Waals surface area contributed by atoms with Crippen LogP contribution in [-0.4, -0.2) is 41.8 Å². The van der Waals surface area contributed by atoms with E-state index < -0.39 is 6.04 Å². The standard InChI is InChI=1S/C29H31Cl2N3O3/c1-18(2)16-32-28(36)19(3)34(17-22-23(30)11-6-12-24(22)31)26(35)14-7-15-33-25-13-5-9-20-8-4-10-21(27(20)25)29(33)37/h4-6,8-13,18-19H,7,14-17H2,1-3H3,(H,32,36). The van der Waals surface area contributed by atoms with Gasteiger partial charge in [-0.25, -0.2) is 0 Å². The van der Waals surface area contributed by atoms with Gasteiger partial charge < -0.3 is 15.1 Å². The summed E-state index contributed by atoms with van der Waals surface area (Å²) >= 11 is 12.8. The molecule has 3 aromatic rings. The number of nitrogens with zero attached hydrogens (tertiary/aromatic N) is 2. The second kappa shape index (κ2) is 11.5. The Labute approximate surface area is 227 Å². The van der Waals surface area contributed by atoms with Crippen molar-refractivity contribution in [3.05, 3.63) is 75.8 Å². The Kier molecular flexibility index (Phi) is 8.40. The highest BCUT2D eigenvalue weighted by atomic mass is 35.5. The van der Waals surface area contributed by atoms with Gasteiger partial charge in [-0.05, 0) is 48.9 Å². The van der Waals surface area contributed by atoms with Crippen molar-refractivity contribution in [3.63, 3.8) is 0 Å². The molecule has 1 heterocycles. The van der Waals surface area contributed by atoms with Crippen molar-refractivity contribution in [2.75, 3.05) is 18.0 Å². The number of benzene rings is 3. The quantitative estimate of drug-likeness (QED) is 0.339. The predicted molar refractivity (Wildman–Crippen MR) is 149 cm³/mol. The molecule has 0 bridgehead atoms. The molecule has 0 saturated carbocycles. The van der Waals surface area contributed by atoms with Crippen LogP contribution in [0.5, 0.6) is 0 Å². The van der Waals surface area contributed by atoms with Gasteiger partial charge in [-0.15, -0.1) is 0 Å². The van der Waals surface area contributed by atoms with Crippen LogP contribution in [-0.2, 0) is 16.1 Å². The number of rotatable bonds is 10. The second-order valence-electron chi connectivity index (χ2n) is 9.78. The fraction of sp³-hybridized carbons (Fsp3) is 0.345. The van der Waals surface area contributed by atoms with Gasteiger partial charge in [0.25, 0.3) is 5.91 Å². The highest BCUT2D eigenvalue weighted by Gasteiger charge is 2.31. The fourth-order valence-electron chi connectivity index (χ4n) is 4.62. The number of amides is 3. The summed E-state index contributed by atoms with van der Waals surface area (Å²) in [6.45, 7) is 6.75. The van der Waals surface area contributed by atoms with E-state index in [-0.39, 0.29) is 36.6 Å². The Morgan fingerprint density at radius 2 is 1.62 bits per heavy atom. The summed E-state index contributed by atoms with van der Waals surface area (Å²) in [5.74, 6) is -0.210. The lowest BCUT2D eigenvalue weighted by atomic mass is 10.1. The Balaban J connectivity index is 1.48. The molecule has 194 valence electrons. The minimum atomic E-state index is -0.718. The van der Waals surface area contributed by atoms with E-state index >= 15 is 0 Å². The highest BCUT2D eigenvalue weighted by Crippen LogP contribution is 2.37.